The maximum atomic E-state index is 5.74. The minimum atomic E-state index is 0.473. The molecule has 3 aromatic heterocycles. The number of fused-ring (bicyclic) bond motifs is 1. The number of rotatable bonds is 4. The van der Waals surface area contributed by atoms with Gasteiger partial charge in [0, 0.05) is 37.0 Å². The first-order chi connectivity index (χ1) is 11.8. The molecule has 8 heteroatoms. The predicted octanol–water partition coefficient (Wildman–Crippen LogP) is 2.69. The Morgan fingerprint density at radius 3 is 2.79 bits per heavy atom. The van der Waals surface area contributed by atoms with Crippen LogP contribution in [0.2, 0.25) is 0 Å². The summed E-state index contributed by atoms with van der Waals surface area (Å²) in [5.41, 5.74) is 0.804. The number of nitrogens with zero attached hydrogens (tertiary/aromatic N) is 6. The molecule has 0 saturated carbocycles. The topological polar surface area (TPSA) is 90.6 Å². The molecule has 8 nitrogen and oxygen atoms in total. The number of nitrogens with one attached hydrogen (secondary N) is 1. The van der Waals surface area contributed by atoms with Crippen LogP contribution < -0.4 is 10.1 Å². The zero-order valence-electron chi connectivity index (χ0n) is 12.8. The van der Waals surface area contributed by atoms with Crippen molar-refractivity contribution in [2.75, 3.05) is 5.32 Å². The van der Waals surface area contributed by atoms with Gasteiger partial charge in [0.2, 0.25) is 5.88 Å². The molecule has 1 aromatic carbocycles. The van der Waals surface area contributed by atoms with Crippen LogP contribution in [0.5, 0.6) is 11.6 Å². The van der Waals surface area contributed by atoms with Crippen LogP contribution in [0.1, 0.15) is 0 Å². The highest BCUT2D eigenvalue weighted by Crippen LogP contribution is 2.28. The van der Waals surface area contributed by atoms with Crippen molar-refractivity contribution in [1.29, 1.82) is 0 Å². The first-order valence-electron chi connectivity index (χ1n) is 7.23. The zero-order valence-corrected chi connectivity index (χ0v) is 12.8. The Morgan fingerprint density at radius 1 is 1.04 bits per heavy atom. The molecule has 3 heterocycles. The van der Waals surface area contributed by atoms with E-state index in [1.807, 2.05) is 37.5 Å². The van der Waals surface area contributed by atoms with Crippen LogP contribution in [0.15, 0.2) is 55.4 Å². The fourth-order valence-corrected chi connectivity index (χ4v) is 2.26. The number of benzene rings is 1. The molecule has 4 aromatic rings. The van der Waals surface area contributed by atoms with E-state index in [2.05, 4.69) is 30.4 Å². The number of aromatic nitrogens is 6. The highest BCUT2D eigenvalue weighted by Gasteiger charge is 2.08. The van der Waals surface area contributed by atoms with Gasteiger partial charge in [-0.25, -0.2) is 19.9 Å². The lowest BCUT2D eigenvalue weighted by atomic mass is 10.2. The third kappa shape index (κ3) is 2.84. The molecule has 24 heavy (non-hydrogen) atoms. The summed E-state index contributed by atoms with van der Waals surface area (Å²) in [5, 5.41) is 8.32. The summed E-state index contributed by atoms with van der Waals surface area (Å²) < 4.78 is 7.46. The van der Waals surface area contributed by atoms with Crippen LogP contribution in [0.25, 0.3) is 10.9 Å². The van der Waals surface area contributed by atoms with Crippen LogP contribution in [-0.4, -0.2) is 29.7 Å². The fourth-order valence-electron chi connectivity index (χ4n) is 2.26. The predicted molar refractivity (Wildman–Crippen MR) is 88.1 cm³/mol. The highest BCUT2D eigenvalue weighted by atomic mass is 16.5. The third-order valence-corrected chi connectivity index (χ3v) is 3.34. The van der Waals surface area contributed by atoms with Crippen molar-refractivity contribution in [3.63, 3.8) is 0 Å². The van der Waals surface area contributed by atoms with Gasteiger partial charge >= 0.3 is 0 Å². The average Bonchev–Trinajstić information content (AvgIpc) is 3.01. The van der Waals surface area contributed by atoms with E-state index in [0.717, 1.165) is 10.9 Å². The average molecular weight is 319 g/mol. The lowest BCUT2D eigenvalue weighted by Gasteiger charge is -2.08. The number of ether oxygens (including phenoxy) is 1. The Bertz CT molecular complexity index is 984. The maximum absolute atomic E-state index is 5.74. The zero-order chi connectivity index (χ0) is 16.4. The van der Waals surface area contributed by atoms with Crippen molar-refractivity contribution in [3.05, 3.63) is 55.4 Å². The normalized spacial score (nSPS) is 10.7. The number of hydrogen-bond acceptors (Lipinski definition) is 7. The van der Waals surface area contributed by atoms with E-state index in [-0.39, 0.29) is 0 Å². The molecule has 0 fully saturated rings. The van der Waals surface area contributed by atoms with Gasteiger partial charge in [0.05, 0.1) is 5.52 Å². The Labute approximate surface area is 137 Å². The second kappa shape index (κ2) is 5.92. The minimum absolute atomic E-state index is 0.473. The van der Waals surface area contributed by atoms with Crippen LogP contribution in [0.4, 0.5) is 11.6 Å². The smallest absolute Gasteiger partial charge is 0.222 e. The molecule has 0 spiro atoms. The van der Waals surface area contributed by atoms with Gasteiger partial charge in [-0.15, -0.1) is 0 Å². The Hall–Kier alpha value is -3.55. The lowest BCUT2D eigenvalue weighted by molar-refractivity contribution is 0.462. The second-order valence-corrected chi connectivity index (χ2v) is 5.05. The molecule has 1 N–H and O–H groups in total. The fraction of sp³-hybridized carbons (Fsp3) is 0.0625. The largest absolute Gasteiger partial charge is 0.439 e. The molecular formula is C16H13N7O. The van der Waals surface area contributed by atoms with Crippen LogP contribution >= 0.6 is 0 Å². The summed E-state index contributed by atoms with van der Waals surface area (Å²) >= 11 is 0. The molecule has 118 valence electrons. The van der Waals surface area contributed by atoms with Crippen molar-refractivity contribution in [2.45, 2.75) is 0 Å². The molecule has 0 unspecified atom stereocenters. The summed E-state index contributed by atoms with van der Waals surface area (Å²) in [4.78, 5) is 16.5. The van der Waals surface area contributed by atoms with Crippen molar-refractivity contribution in [1.82, 2.24) is 29.7 Å². The van der Waals surface area contributed by atoms with Gasteiger partial charge in [0.1, 0.15) is 24.2 Å². The van der Waals surface area contributed by atoms with E-state index in [1.54, 1.807) is 16.9 Å². The molecule has 0 saturated heterocycles. The third-order valence-electron chi connectivity index (χ3n) is 3.34. The first-order valence-corrected chi connectivity index (χ1v) is 7.23. The van der Waals surface area contributed by atoms with Crippen molar-refractivity contribution in [2.24, 2.45) is 7.05 Å². The van der Waals surface area contributed by atoms with E-state index in [1.165, 1.54) is 12.7 Å². The summed E-state index contributed by atoms with van der Waals surface area (Å²) in [6, 6.07) is 9.13. The number of hydrogen-bond donors (Lipinski definition) is 1. The Kier molecular flexibility index (Phi) is 3.47. The minimum Gasteiger partial charge on any atom is -0.439 e. The maximum Gasteiger partial charge on any atom is 0.222 e. The molecule has 0 aliphatic rings. The van der Waals surface area contributed by atoms with Gasteiger partial charge in [0.15, 0.2) is 5.82 Å². The van der Waals surface area contributed by atoms with E-state index < -0.39 is 0 Å². The molecule has 0 amide bonds. The molecule has 0 atom stereocenters. The van der Waals surface area contributed by atoms with Crippen LogP contribution in [0, 0.1) is 0 Å². The van der Waals surface area contributed by atoms with Crippen molar-refractivity contribution in [3.8, 4) is 11.6 Å². The molecule has 0 aliphatic heterocycles. The molecule has 4 rings (SSSR count). The van der Waals surface area contributed by atoms with E-state index in [0.29, 0.717) is 23.3 Å². The second-order valence-electron chi connectivity index (χ2n) is 5.05. The Morgan fingerprint density at radius 2 is 2.00 bits per heavy atom. The Balaban J connectivity index is 1.70. The van der Waals surface area contributed by atoms with Gasteiger partial charge in [0.25, 0.3) is 0 Å². The first kappa shape index (κ1) is 14.1. The van der Waals surface area contributed by atoms with Crippen molar-refractivity contribution >= 4 is 22.5 Å². The van der Waals surface area contributed by atoms with Crippen LogP contribution in [0.3, 0.4) is 0 Å². The molecular weight excluding hydrogens is 306 g/mol. The van der Waals surface area contributed by atoms with Gasteiger partial charge < -0.3 is 10.1 Å². The summed E-state index contributed by atoms with van der Waals surface area (Å²) in [5.74, 6) is 2.48. The molecule has 0 bridgehead atoms. The standard InChI is InChI=1S/C16H13N7O/c1-23-7-5-14(22-23)21-16-12-8-11(2-3-13(12)18-10-20-16)24-15-4-6-17-9-19-15/h2-10H,1H3,(H,18,20,21,22). The van der Waals surface area contributed by atoms with Crippen LogP contribution in [-0.2, 0) is 7.05 Å². The lowest BCUT2D eigenvalue weighted by Crippen LogP contribution is -1.98. The van der Waals surface area contributed by atoms with Gasteiger partial charge in [-0.1, -0.05) is 0 Å². The van der Waals surface area contributed by atoms with E-state index in [4.69, 9.17) is 4.74 Å². The van der Waals surface area contributed by atoms with Gasteiger partial charge in [-0.05, 0) is 18.2 Å². The molecule has 0 radical (unpaired) electrons. The summed E-state index contributed by atoms with van der Waals surface area (Å²) in [7, 11) is 1.86. The van der Waals surface area contributed by atoms with Gasteiger partial charge in [-0.3, -0.25) is 4.68 Å². The quantitative estimate of drug-likeness (QED) is 0.618. The number of aryl methyl sites for hydroxylation is 1. The van der Waals surface area contributed by atoms with Gasteiger partial charge in [-0.2, -0.15) is 5.10 Å². The SMILES string of the molecule is Cn1ccc(Nc2ncnc3ccc(Oc4ccncn4)cc23)n1. The monoisotopic (exact) mass is 319 g/mol. The van der Waals surface area contributed by atoms with E-state index in [9.17, 15) is 0 Å². The summed E-state index contributed by atoms with van der Waals surface area (Å²) in [6.07, 6.45) is 6.43. The highest BCUT2D eigenvalue weighted by molar-refractivity contribution is 5.91. The number of anilines is 2. The summed E-state index contributed by atoms with van der Waals surface area (Å²) in [6.45, 7) is 0. The van der Waals surface area contributed by atoms with E-state index >= 15 is 0 Å². The van der Waals surface area contributed by atoms with Crippen molar-refractivity contribution < 1.29 is 4.74 Å². The molecule has 0 aliphatic carbocycles.